The van der Waals surface area contributed by atoms with E-state index in [0.717, 1.165) is 0 Å². The zero-order valence-electron chi connectivity index (χ0n) is 11.9. The highest BCUT2D eigenvalue weighted by molar-refractivity contribution is 6.25. The van der Waals surface area contributed by atoms with E-state index in [-0.39, 0.29) is 18.3 Å². The van der Waals surface area contributed by atoms with Crippen LogP contribution in [0.5, 0.6) is 0 Å². The monoisotopic (exact) mass is 346 g/mol. The first-order chi connectivity index (χ1) is 10.0. The number of rotatable bonds is 8. The summed E-state index contributed by atoms with van der Waals surface area (Å²) in [5.41, 5.74) is 12.5. The second-order valence-electron chi connectivity index (χ2n) is 4.43. The van der Waals surface area contributed by atoms with Crippen LogP contribution in [0.15, 0.2) is 41.7 Å². The molecule has 0 heterocycles. The Kier molecular flexibility index (Phi) is 9.82. The molecular weight excluding hydrogens is 327 g/mol. The second-order valence-corrected chi connectivity index (χ2v) is 4.65. The predicted octanol–water partition coefficient (Wildman–Crippen LogP) is 1.06. The number of halogens is 2. The maximum atomic E-state index is 12.0. The highest BCUT2D eigenvalue weighted by atomic mass is 35.5. The highest BCUT2D eigenvalue weighted by Crippen LogP contribution is 2.02. The Balaban J connectivity index is 0.00000441. The fraction of sp³-hybridized carbons (Fsp3) is 0.286. The molecule has 0 saturated carbocycles. The van der Waals surface area contributed by atoms with Crippen LogP contribution in [0.3, 0.4) is 0 Å². The molecule has 22 heavy (non-hydrogen) atoms. The summed E-state index contributed by atoms with van der Waals surface area (Å²) in [6, 6.07) is 7.92. The Morgan fingerprint density at radius 2 is 1.86 bits per heavy atom. The van der Waals surface area contributed by atoms with Gasteiger partial charge in [0.15, 0.2) is 0 Å². The maximum absolute atomic E-state index is 12.0. The van der Waals surface area contributed by atoms with Gasteiger partial charge in [0.25, 0.3) is 5.91 Å². The van der Waals surface area contributed by atoms with Gasteiger partial charge in [0.2, 0.25) is 5.91 Å². The van der Waals surface area contributed by atoms with E-state index in [1.165, 1.54) is 5.54 Å². The lowest BCUT2D eigenvalue weighted by atomic mass is 10.1. The SMILES string of the molecule is Cl.NC(=O)C(CCCNC(N)=CCl)NC(=O)c1ccccc1. The Morgan fingerprint density at radius 3 is 2.41 bits per heavy atom. The van der Waals surface area contributed by atoms with Gasteiger partial charge in [0.05, 0.1) is 0 Å². The van der Waals surface area contributed by atoms with E-state index in [1.54, 1.807) is 24.3 Å². The Labute approximate surface area is 140 Å². The van der Waals surface area contributed by atoms with E-state index in [0.29, 0.717) is 30.8 Å². The van der Waals surface area contributed by atoms with Crippen molar-refractivity contribution in [1.29, 1.82) is 0 Å². The molecule has 0 spiro atoms. The normalized spacial score (nSPS) is 12.0. The number of hydrogen-bond acceptors (Lipinski definition) is 4. The van der Waals surface area contributed by atoms with Crippen LogP contribution in [0, 0.1) is 0 Å². The molecule has 1 aromatic rings. The molecule has 0 bridgehead atoms. The fourth-order valence-corrected chi connectivity index (χ4v) is 1.77. The molecule has 0 saturated heterocycles. The minimum atomic E-state index is -0.722. The van der Waals surface area contributed by atoms with Gasteiger partial charge in [-0.25, -0.2) is 0 Å². The average molecular weight is 347 g/mol. The van der Waals surface area contributed by atoms with E-state index in [4.69, 9.17) is 23.1 Å². The summed E-state index contributed by atoms with van der Waals surface area (Å²) in [4.78, 5) is 23.3. The van der Waals surface area contributed by atoms with Gasteiger partial charge < -0.3 is 22.1 Å². The average Bonchev–Trinajstić information content (AvgIpc) is 2.50. The van der Waals surface area contributed by atoms with E-state index >= 15 is 0 Å². The first-order valence-corrected chi connectivity index (χ1v) is 6.93. The van der Waals surface area contributed by atoms with Crippen LogP contribution in [0.4, 0.5) is 0 Å². The molecule has 0 aliphatic carbocycles. The first-order valence-electron chi connectivity index (χ1n) is 6.49. The molecule has 0 aliphatic rings. The summed E-state index contributed by atoms with van der Waals surface area (Å²) in [5.74, 6) is -0.548. The van der Waals surface area contributed by atoms with Crippen molar-refractivity contribution in [2.45, 2.75) is 18.9 Å². The number of hydrogen-bond donors (Lipinski definition) is 4. The van der Waals surface area contributed by atoms with Crippen LogP contribution in [0.25, 0.3) is 0 Å². The summed E-state index contributed by atoms with van der Waals surface area (Å²) in [5, 5.41) is 5.48. The quantitative estimate of drug-likeness (QED) is 0.527. The molecular formula is C14H20Cl2N4O2. The van der Waals surface area contributed by atoms with Crippen molar-refractivity contribution in [1.82, 2.24) is 10.6 Å². The summed E-state index contributed by atoms with van der Waals surface area (Å²) in [6.45, 7) is 0.528. The van der Waals surface area contributed by atoms with E-state index < -0.39 is 11.9 Å². The third kappa shape index (κ3) is 7.19. The van der Waals surface area contributed by atoms with Crippen LogP contribution >= 0.6 is 24.0 Å². The van der Waals surface area contributed by atoms with Crippen molar-refractivity contribution >= 4 is 35.8 Å². The first kappa shape index (κ1) is 20.1. The molecule has 1 atom stereocenters. The number of benzene rings is 1. The zero-order valence-corrected chi connectivity index (χ0v) is 13.5. The summed E-state index contributed by atoms with van der Waals surface area (Å²) in [7, 11) is 0. The van der Waals surface area contributed by atoms with Gasteiger partial charge >= 0.3 is 0 Å². The van der Waals surface area contributed by atoms with Crippen molar-refractivity contribution in [2.75, 3.05) is 6.54 Å². The third-order valence-corrected chi connectivity index (χ3v) is 3.04. The second kappa shape index (κ2) is 10.8. The summed E-state index contributed by atoms with van der Waals surface area (Å²) < 4.78 is 0. The minimum absolute atomic E-state index is 0. The molecule has 2 amide bonds. The largest absolute Gasteiger partial charge is 0.385 e. The lowest BCUT2D eigenvalue weighted by Gasteiger charge is -2.15. The molecule has 1 rings (SSSR count). The zero-order chi connectivity index (χ0) is 15.7. The van der Waals surface area contributed by atoms with Gasteiger partial charge in [-0.15, -0.1) is 12.4 Å². The van der Waals surface area contributed by atoms with Crippen molar-refractivity contribution in [3.63, 3.8) is 0 Å². The van der Waals surface area contributed by atoms with Gasteiger partial charge in [-0.05, 0) is 25.0 Å². The number of amides is 2. The number of primary amides is 1. The number of nitrogens with one attached hydrogen (secondary N) is 2. The Bertz CT molecular complexity index is 509. The van der Waals surface area contributed by atoms with Crippen LogP contribution < -0.4 is 22.1 Å². The summed E-state index contributed by atoms with van der Waals surface area (Å²) in [6.07, 6.45) is 1.02. The van der Waals surface area contributed by atoms with Crippen molar-refractivity contribution in [3.05, 3.63) is 47.3 Å². The van der Waals surface area contributed by atoms with Crippen molar-refractivity contribution in [2.24, 2.45) is 11.5 Å². The highest BCUT2D eigenvalue weighted by Gasteiger charge is 2.18. The topological polar surface area (TPSA) is 110 Å². The Hall–Kier alpha value is -1.92. The van der Waals surface area contributed by atoms with E-state index in [2.05, 4.69) is 10.6 Å². The molecule has 0 aromatic heterocycles. The van der Waals surface area contributed by atoms with Crippen LogP contribution in [0.1, 0.15) is 23.2 Å². The van der Waals surface area contributed by atoms with Crippen molar-refractivity contribution < 1.29 is 9.59 Å². The van der Waals surface area contributed by atoms with Gasteiger partial charge in [0.1, 0.15) is 11.9 Å². The molecule has 6 N–H and O–H groups in total. The molecule has 8 heteroatoms. The van der Waals surface area contributed by atoms with Crippen LogP contribution in [0.2, 0.25) is 0 Å². The standard InChI is InChI=1S/C14H19ClN4O2.ClH/c15-9-12(16)18-8-4-7-11(13(17)20)19-14(21)10-5-2-1-3-6-10;/h1-3,5-6,9,11,18H,4,7-8,16H2,(H2,17,20)(H,19,21);1H. The minimum Gasteiger partial charge on any atom is -0.385 e. The van der Waals surface area contributed by atoms with Crippen LogP contribution in [-0.2, 0) is 4.79 Å². The van der Waals surface area contributed by atoms with E-state index in [1.807, 2.05) is 6.07 Å². The lowest BCUT2D eigenvalue weighted by molar-refractivity contribution is -0.120. The predicted molar refractivity (Wildman–Crippen MR) is 89.5 cm³/mol. The van der Waals surface area contributed by atoms with Gasteiger partial charge in [0, 0.05) is 17.6 Å². The lowest BCUT2D eigenvalue weighted by Crippen LogP contribution is -2.44. The maximum Gasteiger partial charge on any atom is 0.251 e. The number of carbonyl (C=O) groups is 2. The molecule has 0 aliphatic heterocycles. The fourth-order valence-electron chi connectivity index (χ4n) is 1.69. The third-order valence-electron chi connectivity index (χ3n) is 2.80. The van der Waals surface area contributed by atoms with Gasteiger partial charge in [-0.3, -0.25) is 9.59 Å². The van der Waals surface area contributed by atoms with E-state index in [9.17, 15) is 9.59 Å². The summed E-state index contributed by atoms with van der Waals surface area (Å²) >= 11 is 5.40. The van der Waals surface area contributed by atoms with Gasteiger partial charge in [-0.2, -0.15) is 0 Å². The smallest absolute Gasteiger partial charge is 0.251 e. The van der Waals surface area contributed by atoms with Gasteiger partial charge in [-0.1, -0.05) is 29.8 Å². The van der Waals surface area contributed by atoms with Crippen LogP contribution in [-0.4, -0.2) is 24.4 Å². The Morgan fingerprint density at radius 1 is 1.23 bits per heavy atom. The molecule has 0 radical (unpaired) electrons. The molecule has 0 fully saturated rings. The molecule has 1 unspecified atom stereocenters. The number of carbonyl (C=O) groups excluding carboxylic acids is 2. The van der Waals surface area contributed by atoms with Crippen molar-refractivity contribution in [3.8, 4) is 0 Å². The molecule has 6 nitrogen and oxygen atoms in total. The number of nitrogens with two attached hydrogens (primary N) is 2. The molecule has 1 aromatic carbocycles. The molecule has 122 valence electrons.